The number of para-hydroxylation sites is 1. The summed E-state index contributed by atoms with van der Waals surface area (Å²) < 4.78 is 31.2. The van der Waals surface area contributed by atoms with Gasteiger partial charge < -0.3 is 18.8 Å². The third kappa shape index (κ3) is 1.63. The number of hydrogen-bond acceptors (Lipinski definition) is 5. The van der Waals surface area contributed by atoms with Gasteiger partial charge in [-0.1, -0.05) is 12.1 Å². The molecule has 0 aliphatic carbocycles. The first-order valence-electron chi connectivity index (χ1n) is 4.36. The molecule has 3 N–H and O–H groups in total. The Morgan fingerprint density at radius 3 is 2.47 bits per heavy atom. The fourth-order valence-corrected chi connectivity index (χ4v) is 2.33. The lowest BCUT2D eigenvalue weighted by molar-refractivity contribution is 0.436. The molecule has 17 heavy (non-hydrogen) atoms. The summed E-state index contributed by atoms with van der Waals surface area (Å²) in [5, 5.41) is 0.484. The molecule has 0 radical (unpaired) electrons. The number of aromatic nitrogens is 1. The fourth-order valence-electron chi connectivity index (χ4n) is 1.57. The van der Waals surface area contributed by atoms with Crippen molar-refractivity contribution < 1.29 is 22.3 Å². The zero-order valence-corrected chi connectivity index (χ0v) is 9.08. The van der Waals surface area contributed by atoms with Crippen LogP contribution < -0.4 is 13.9 Å². The van der Waals surface area contributed by atoms with E-state index in [-0.39, 0.29) is 17.0 Å². The van der Waals surface area contributed by atoms with E-state index in [0.717, 1.165) is 0 Å². The minimum absolute atomic E-state index is 0. The first kappa shape index (κ1) is 11.4. The van der Waals surface area contributed by atoms with Gasteiger partial charge in [0, 0.05) is 5.39 Å². The second kappa shape index (κ2) is 3.47. The van der Waals surface area contributed by atoms with Crippen LogP contribution in [0.4, 0.5) is 0 Å². The maximum atomic E-state index is 11.5. The molecule has 1 aliphatic heterocycles. The zero-order valence-electron chi connectivity index (χ0n) is 8.26. The van der Waals surface area contributed by atoms with Crippen LogP contribution in [0.15, 0.2) is 29.1 Å². The standard InChI is InChI=1S/C9H5NO5S.H2O/c11-9-8-7(14-16(12,13)15-8)5-3-1-2-4-6(5)10-9;/h1-4H,(H,10,11);1H2. The molecule has 0 bridgehead atoms. The normalized spacial score (nSPS) is 15.5. The Hall–Kier alpha value is -2.06. The molecule has 0 spiro atoms. The second-order valence-corrected chi connectivity index (χ2v) is 4.38. The first-order chi connectivity index (χ1) is 7.57. The summed E-state index contributed by atoms with van der Waals surface area (Å²) >= 11 is 0. The van der Waals surface area contributed by atoms with E-state index in [1.165, 1.54) is 0 Å². The first-order valence-corrected chi connectivity index (χ1v) is 5.69. The third-order valence-corrected chi connectivity index (χ3v) is 2.94. The Labute approximate surface area is 95.2 Å². The second-order valence-electron chi connectivity index (χ2n) is 3.23. The van der Waals surface area contributed by atoms with Crippen LogP contribution in [-0.2, 0) is 10.4 Å². The lowest BCUT2D eigenvalue weighted by Crippen LogP contribution is -2.11. The van der Waals surface area contributed by atoms with Crippen LogP contribution in [-0.4, -0.2) is 18.9 Å². The number of benzene rings is 1. The molecule has 3 rings (SSSR count). The van der Waals surface area contributed by atoms with Crippen molar-refractivity contribution in [3.05, 3.63) is 34.6 Å². The molecule has 0 unspecified atom stereocenters. The minimum atomic E-state index is -4.14. The molecular weight excluding hydrogens is 250 g/mol. The van der Waals surface area contributed by atoms with E-state index in [9.17, 15) is 13.2 Å². The molecule has 0 atom stereocenters. The van der Waals surface area contributed by atoms with Crippen LogP contribution in [0, 0.1) is 0 Å². The van der Waals surface area contributed by atoms with Gasteiger partial charge in [-0.25, -0.2) is 0 Å². The highest BCUT2D eigenvalue weighted by Gasteiger charge is 2.33. The number of rotatable bonds is 0. The number of hydrogen-bond donors (Lipinski definition) is 1. The van der Waals surface area contributed by atoms with E-state index in [2.05, 4.69) is 13.4 Å². The number of fused-ring (bicyclic) bond motifs is 3. The van der Waals surface area contributed by atoms with Crippen molar-refractivity contribution in [1.82, 2.24) is 4.98 Å². The number of H-pyrrole nitrogens is 1. The summed E-state index contributed by atoms with van der Waals surface area (Å²) in [6, 6.07) is 6.70. The van der Waals surface area contributed by atoms with Gasteiger partial charge in [-0.3, -0.25) is 4.79 Å². The highest BCUT2D eigenvalue weighted by atomic mass is 32.3. The van der Waals surface area contributed by atoms with Crippen LogP contribution in [0.2, 0.25) is 0 Å². The Bertz CT molecular complexity index is 748. The Kier molecular flexibility index (Phi) is 2.33. The largest absolute Gasteiger partial charge is 0.501 e. The van der Waals surface area contributed by atoms with Crippen molar-refractivity contribution in [3.8, 4) is 11.5 Å². The average Bonchev–Trinajstić information content (AvgIpc) is 2.55. The Morgan fingerprint density at radius 2 is 1.71 bits per heavy atom. The number of pyridine rings is 1. The van der Waals surface area contributed by atoms with Gasteiger partial charge >= 0.3 is 10.4 Å². The average molecular weight is 257 g/mol. The molecule has 90 valence electrons. The zero-order chi connectivity index (χ0) is 11.3. The SMILES string of the molecule is O.O=c1[nH]c2ccccc2c2c1OS(=O)(=O)O2. The van der Waals surface area contributed by atoms with E-state index >= 15 is 0 Å². The molecule has 2 aromatic rings. The quantitative estimate of drug-likeness (QED) is 0.696. The maximum Gasteiger partial charge on any atom is 0.501 e. The summed E-state index contributed by atoms with van der Waals surface area (Å²) in [7, 11) is -4.14. The molecular formula is C9H7NO6S. The minimum Gasteiger partial charge on any atom is -0.412 e. The van der Waals surface area contributed by atoms with Crippen LogP contribution in [0.25, 0.3) is 10.9 Å². The highest BCUT2D eigenvalue weighted by molar-refractivity contribution is 7.82. The molecule has 0 saturated carbocycles. The number of nitrogens with one attached hydrogen (secondary N) is 1. The van der Waals surface area contributed by atoms with Crippen molar-refractivity contribution >= 4 is 21.3 Å². The monoisotopic (exact) mass is 257 g/mol. The molecule has 1 aromatic heterocycles. The van der Waals surface area contributed by atoms with E-state index < -0.39 is 16.0 Å². The van der Waals surface area contributed by atoms with Gasteiger partial charge in [0.15, 0.2) is 0 Å². The predicted molar refractivity (Wildman–Crippen MR) is 58.4 cm³/mol. The van der Waals surface area contributed by atoms with Gasteiger partial charge in [0.1, 0.15) is 0 Å². The molecule has 7 nitrogen and oxygen atoms in total. The summed E-state index contributed by atoms with van der Waals surface area (Å²) in [6.07, 6.45) is 0. The Balaban J connectivity index is 0.00000108. The van der Waals surface area contributed by atoms with Crippen molar-refractivity contribution in [1.29, 1.82) is 0 Å². The summed E-state index contributed by atoms with van der Waals surface area (Å²) in [5.74, 6) is -0.377. The van der Waals surface area contributed by atoms with Gasteiger partial charge in [-0.2, -0.15) is 0 Å². The summed E-state index contributed by atoms with van der Waals surface area (Å²) in [5.41, 5.74) is -0.137. The van der Waals surface area contributed by atoms with Gasteiger partial charge in [0.25, 0.3) is 11.3 Å². The van der Waals surface area contributed by atoms with E-state index in [4.69, 9.17) is 0 Å². The molecule has 1 aromatic carbocycles. The van der Waals surface area contributed by atoms with Gasteiger partial charge in [-0.05, 0) is 12.1 Å². The maximum absolute atomic E-state index is 11.5. The van der Waals surface area contributed by atoms with Crippen LogP contribution in [0.1, 0.15) is 0 Å². The van der Waals surface area contributed by atoms with Gasteiger partial charge in [-0.15, -0.1) is 8.42 Å². The van der Waals surface area contributed by atoms with Crippen LogP contribution >= 0.6 is 0 Å². The smallest absolute Gasteiger partial charge is 0.412 e. The van der Waals surface area contributed by atoms with Gasteiger partial charge in [0.2, 0.25) is 5.75 Å². The molecule has 1 aliphatic rings. The number of aromatic amines is 1. The molecule has 8 heteroatoms. The van der Waals surface area contributed by atoms with Crippen LogP contribution in [0.3, 0.4) is 0 Å². The summed E-state index contributed by atoms with van der Waals surface area (Å²) in [6.45, 7) is 0. The highest BCUT2D eigenvalue weighted by Crippen LogP contribution is 2.37. The van der Waals surface area contributed by atoms with Gasteiger partial charge in [0.05, 0.1) is 5.52 Å². The predicted octanol–water partition coefficient (Wildman–Crippen LogP) is -0.281. The van der Waals surface area contributed by atoms with Crippen molar-refractivity contribution in [2.24, 2.45) is 0 Å². The lowest BCUT2D eigenvalue weighted by atomic mass is 10.2. The molecule has 0 saturated heterocycles. The third-order valence-electron chi connectivity index (χ3n) is 2.20. The molecule has 0 fully saturated rings. The molecule has 0 amide bonds. The van der Waals surface area contributed by atoms with Crippen LogP contribution in [0.5, 0.6) is 11.5 Å². The van der Waals surface area contributed by atoms with Crippen molar-refractivity contribution in [2.45, 2.75) is 0 Å². The van der Waals surface area contributed by atoms with Crippen molar-refractivity contribution in [2.75, 3.05) is 0 Å². The molecule has 2 heterocycles. The Morgan fingerprint density at radius 1 is 1.06 bits per heavy atom. The van der Waals surface area contributed by atoms with Crippen molar-refractivity contribution in [3.63, 3.8) is 0 Å². The fraction of sp³-hybridized carbons (Fsp3) is 0. The van der Waals surface area contributed by atoms with E-state index in [0.29, 0.717) is 10.9 Å². The topological polar surface area (TPSA) is 117 Å². The summed E-state index contributed by atoms with van der Waals surface area (Å²) in [4.78, 5) is 14.0. The lowest BCUT2D eigenvalue weighted by Gasteiger charge is -1.98. The van der Waals surface area contributed by atoms with E-state index in [1.54, 1.807) is 24.3 Å². The van der Waals surface area contributed by atoms with E-state index in [1.807, 2.05) is 0 Å².